The zero-order chi connectivity index (χ0) is 15.0. The predicted molar refractivity (Wildman–Crippen MR) is 93.9 cm³/mol. The van der Waals surface area contributed by atoms with Crippen molar-refractivity contribution in [2.75, 3.05) is 18.6 Å². The van der Waals surface area contributed by atoms with Crippen LogP contribution in [0.25, 0.3) is 0 Å². The number of hydrogen-bond acceptors (Lipinski definition) is 3. The molecular weight excluding hydrogens is 426 g/mol. The van der Waals surface area contributed by atoms with E-state index in [2.05, 4.69) is 42.8 Å². The van der Waals surface area contributed by atoms with Crippen LogP contribution >= 0.6 is 43.6 Å². The number of hydrogen-bond donors (Lipinski definition) is 1. The van der Waals surface area contributed by atoms with Crippen molar-refractivity contribution in [3.63, 3.8) is 0 Å². The van der Waals surface area contributed by atoms with Gasteiger partial charge in [0, 0.05) is 15.5 Å². The number of halogens is 2. The van der Waals surface area contributed by atoms with Crippen LogP contribution in [0, 0.1) is 0 Å². The van der Waals surface area contributed by atoms with Crippen LogP contribution in [0.3, 0.4) is 0 Å². The van der Waals surface area contributed by atoms with E-state index in [0.29, 0.717) is 11.0 Å². The molecule has 0 saturated carbocycles. The Bertz CT molecular complexity index is 521. The highest BCUT2D eigenvalue weighted by atomic mass is 79.9. The first-order valence-corrected chi connectivity index (χ1v) is 10.9. The van der Waals surface area contributed by atoms with Crippen molar-refractivity contribution in [1.29, 1.82) is 0 Å². The number of thioether (sulfide) groups is 1. The minimum absolute atomic E-state index is 0.281. The maximum atomic E-state index is 12.1. The molecule has 20 heavy (non-hydrogen) atoms. The monoisotopic (exact) mass is 443 g/mol. The summed E-state index contributed by atoms with van der Waals surface area (Å²) in [6.07, 6.45) is 6.40. The highest BCUT2D eigenvalue weighted by molar-refractivity contribution is 9.11. The van der Waals surface area contributed by atoms with Crippen molar-refractivity contribution in [1.82, 2.24) is 4.72 Å². The minimum atomic E-state index is -3.43. The molecule has 0 amide bonds. The topological polar surface area (TPSA) is 46.2 Å². The Hall–Kier alpha value is 0.440. The van der Waals surface area contributed by atoms with E-state index in [-0.39, 0.29) is 4.90 Å². The van der Waals surface area contributed by atoms with Crippen LogP contribution in [0.4, 0.5) is 0 Å². The Morgan fingerprint density at radius 3 is 2.50 bits per heavy atom. The van der Waals surface area contributed by atoms with Gasteiger partial charge in [-0.25, -0.2) is 13.1 Å². The fourth-order valence-electron chi connectivity index (χ4n) is 1.70. The summed E-state index contributed by atoms with van der Waals surface area (Å²) in [5.74, 6) is 1.18. The van der Waals surface area contributed by atoms with Crippen LogP contribution in [-0.4, -0.2) is 27.0 Å². The van der Waals surface area contributed by atoms with Gasteiger partial charge in [-0.3, -0.25) is 0 Å². The summed E-state index contributed by atoms with van der Waals surface area (Å²) >= 11 is 8.44. The molecular formula is C13H19Br2NO2S2. The van der Waals surface area contributed by atoms with Gasteiger partial charge in [0.05, 0.1) is 4.90 Å². The first kappa shape index (κ1) is 18.5. The van der Waals surface area contributed by atoms with Gasteiger partial charge in [0.2, 0.25) is 10.0 Å². The second kappa shape index (κ2) is 9.46. The van der Waals surface area contributed by atoms with Crippen molar-refractivity contribution >= 4 is 53.6 Å². The Balaban J connectivity index is 2.42. The van der Waals surface area contributed by atoms with Gasteiger partial charge < -0.3 is 0 Å². The van der Waals surface area contributed by atoms with Crippen molar-refractivity contribution in [2.24, 2.45) is 0 Å². The van der Waals surface area contributed by atoms with Crippen LogP contribution in [0.5, 0.6) is 0 Å². The van der Waals surface area contributed by atoms with E-state index < -0.39 is 10.0 Å². The maximum Gasteiger partial charge on any atom is 0.241 e. The largest absolute Gasteiger partial charge is 0.241 e. The van der Waals surface area contributed by atoms with Crippen LogP contribution in [0.1, 0.15) is 25.7 Å². The molecule has 7 heteroatoms. The van der Waals surface area contributed by atoms with E-state index in [0.717, 1.165) is 23.7 Å². The summed E-state index contributed by atoms with van der Waals surface area (Å²) < 4.78 is 28.3. The first-order valence-electron chi connectivity index (χ1n) is 6.41. The molecule has 114 valence electrons. The molecule has 0 aliphatic heterocycles. The number of benzene rings is 1. The van der Waals surface area contributed by atoms with Crippen LogP contribution in [0.15, 0.2) is 32.0 Å². The zero-order valence-electron chi connectivity index (χ0n) is 11.4. The lowest BCUT2D eigenvalue weighted by Gasteiger charge is -2.08. The molecule has 0 bridgehead atoms. The molecule has 0 unspecified atom stereocenters. The summed E-state index contributed by atoms with van der Waals surface area (Å²) in [5.41, 5.74) is 0. The Morgan fingerprint density at radius 1 is 1.15 bits per heavy atom. The summed E-state index contributed by atoms with van der Waals surface area (Å²) in [4.78, 5) is 0.281. The third kappa shape index (κ3) is 6.47. The zero-order valence-corrected chi connectivity index (χ0v) is 16.2. The average Bonchev–Trinajstić information content (AvgIpc) is 2.37. The SMILES string of the molecule is CSCCCCCCNS(=O)(=O)c1ccc(Br)cc1Br. The fraction of sp³-hybridized carbons (Fsp3) is 0.538. The van der Waals surface area contributed by atoms with Gasteiger partial charge in [0.15, 0.2) is 0 Å². The lowest BCUT2D eigenvalue weighted by atomic mass is 10.2. The first-order chi connectivity index (χ1) is 9.47. The highest BCUT2D eigenvalue weighted by Gasteiger charge is 2.16. The van der Waals surface area contributed by atoms with E-state index in [1.165, 1.54) is 12.2 Å². The van der Waals surface area contributed by atoms with E-state index >= 15 is 0 Å². The van der Waals surface area contributed by atoms with Crippen molar-refractivity contribution < 1.29 is 8.42 Å². The van der Waals surface area contributed by atoms with Gasteiger partial charge in [-0.1, -0.05) is 28.8 Å². The van der Waals surface area contributed by atoms with Gasteiger partial charge >= 0.3 is 0 Å². The van der Waals surface area contributed by atoms with E-state index in [1.54, 1.807) is 18.2 Å². The Kier molecular flexibility index (Phi) is 8.74. The molecule has 0 aliphatic rings. The molecule has 1 aromatic rings. The van der Waals surface area contributed by atoms with Gasteiger partial charge in [0.1, 0.15) is 0 Å². The number of sulfonamides is 1. The maximum absolute atomic E-state index is 12.1. The van der Waals surface area contributed by atoms with E-state index in [4.69, 9.17) is 0 Å². The molecule has 1 N–H and O–H groups in total. The van der Waals surface area contributed by atoms with E-state index in [1.807, 2.05) is 11.8 Å². The molecule has 0 aliphatic carbocycles. The fourth-order valence-corrected chi connectivity index (χ4v) is 5.01. The normalized spacial score (nSPS) is 11.8. The molecule has 0 heterocycles. The molecule has 3 nitrogen and oxygen atoms in total. The third-order valence-electron chi connectivity index (χ3n) is 2.75. The van der Waals surface area contributed by atoms with Crippen LogP contribution in [-0.2, 0) is 10.0 Å². The highest BCUT2D eigenvalue weighted by Crippen LogP contribution is 2.25. The summed E-state index contributed by atoms with van der Waals surface area (Å²) in [7, 11) is -3.43. The van der Waals surface area contributed by atoms with E-state index in [9.17, 15) is 8.42 Å². The summed E-state index contributed by atoms with van der Waals surface area (Å²) in [5, 5.41) is 0. The quantitative estimate of drug-likeness (QED) is 0.573. The van der Waals surface area contributed by atoms with Crippen LogP contribution < -0.4 is 4.72 Å². The van der Waals surface area contributed by atoms with Crippen molar-refractivity contribution in [2.45, 2.75) is 30.6 Å². The molecule has 0 fully saturated rings. The standard InChI is InChI=1S/C13H19Br2NO2S2/c1-19-9-5-3-2-4-8-16-20(17,18)13-7-6-11(14)10-12(13)15/h6-7,10,16H,2-5,8-9H2,1H3. The lowest BCUT2D eigenvalue weighted by Crippen LogP contribution is -2.25. The molecule has 0 saturated heterocycles. The Labute approximate surface area is 142 Å². The van der Waals surface area contributed by atoms with Gasteiger partial charge in [-0.05, 0) is 59.0 Å². The average molecular weight is 445 g/mol. The number of nitrogens with one attached hydrogen (secondary N) is 1. The summed E-state index contributed by atoms with van der Waals surface area (Å²) in [6, 6.07) is 5.05. The molecule has 1 rings (SSSR count). The smallest absolute Gasteiger partial charge is 0.211 e. The second-order valence-corrected chi connectivity index (χ2v) is 8.87. The predicted octanol–water partition coefficient (Wildman–Crippen LogP) is 4.41. The molecule has 0 spiro atoms. The third-order valence-corrected chi connectivity index (χ3v) is 6.38. The lowest BCUT2D eigenvalue weighted by molar-refractivity contribution is 0.573. The van der Waals surface area contributed by atoms with Gasteiger partial charge in [0.25, 0.3) is 0 Å². The summed E-state index contributed by atoms with van der Waals surface area (Å²) in [6.45, 7) is 0.490. The molecule has 0 radical (unpaired) electrons. The van der Waals surface area contributed by atoms with Crippen LogP contribution in [0.2, 0.25) is 0 Å². The molecule has 0 atom stereocenters. The molecule has 1 aromatic carbocycles. The van der Waals surface area contributed by atoms with Gasteiger partial charge in [-0.2, -0.15) is 11.8 Å². The number of unbranched alkanes of at least 4 members (excludes halogenated alkanes) is 3. The molecule has 0 aromatic heterocycles. The van der Waals surface area contributed by atoms with Crippen molar-refractivity contribution in [3.8, 4) is 0 Å². The minimum Gasteiger partial charge on any atom is -0.211 e. The number of rotatable bonds is 9. The second-order valence-electron chi connectivity index (χ2n) is 4.38. The Morgan fingerprint density at radius 2 is 1.85 bits per heavy atom. The van der Waals surface area contributed by atoms with Crippen molar-refractivity contribution in [3.05, 3.63) is 27.1 Å². The van der Waals surface area contributed by atoms with Gasteiger partial charge in [-0.15, -0.1) is 0 Å².